The molecule has 1 aromatic carbocycles. The maximum atomic E-state index is 11.9. The van der Waals surface area contributed by atoms with Gasteiger partial charge in [-0.1, -0.05) is 19.1 Å². The molecule has 118 valence electrons. The number of thioether (sulfide) groups is 1. The lowest BCUT2D eigenvalue weighted by Crippen LogP contribution is -2.44. The summed E-state index contributed by atoms with van der Waals surface area (Å²) in [6.07, 6.45) is 3.49. The van der Waals surface area contributed by atoms with Crippen LogP contribution in [-0.4, -0.2) is 36.6 Å². The van der Waals surface area contributed by atoms with Crippen molar-refractivity contribution >= 4 is 17.7 Å². The van der Waals surface area contributed by atoms with Gasteiger partial charge in [-0.05, 0) is 49.5 Å². The van der Waals surface area contributed by atoms with Crippen LogP contribution in [0.5, 0.6) is 5.75 Å². The normalized spacial score (nSPS) is 13.5. The van der Waals surface area contributed by atoms with Gasteiger partial charge in [0, 0.05) is 0 Å². The molecule has 0 bridgehead atoms. The van der Waals surface area contributed by atoms with Gasteiger partial charge in [-0.15, -0.1) is 0 Å². The van der Waals surface area contributed by atoms with Gasteiger partial charge in [0.1, 0.15) is 11.9 Å². The number of carbonyl (C=O) groups is 1. The van der Waals surface area contributed by atoms with Gasteiger partial charge in [0.05, 0.1) is 12.6 Å². The quantitative estimate of drug-likeness (QED) is 0.735. The second-order valence-electron chi connectivity index (χ2n) is 5.10. The molecule has 3 N–H and O–H groups in total. The zero-order valence-electron chi connectivity index (χ0n) is 13.1. The van der Waals surface area contributed by atoms with E-state index in [0.29, 0.717) is 13.0 Å². The molecule has 0 saturated heterocycles. The highest BCUT2D eigenvalue weighted by molar-refractivity contribution is 7.98. The zero-order valence-corrected chi connectivity index (χ0v) is 13.9. The fourth-order valence-electron chi connectivity index (χ4n) is 1.87. The predicted octanol–water partition coefficient (Wildman–Crippen LogP) is 2.35. The Morgan fingerprint density at radius 3 is 2.86 bits per heavy atom. The number of nitrogens with one attached hydrogen (secondary N) is 1. The first-order valence-electron chi connectivity index (χ1n) is 7.32. The van der Waals surface area contributed by atoms with E-state index in [1.807, 2.05) is 44.4 Å². The smallest absolute Gasteiger partial charge is 0.237 e. The van der Waals surface area contributed by atoms with Gasteiger partial charge in [-0.25, -0.2) is 0 Å². The summed E-state index contributed by atoms with van der Waals surface area (Å²) in [4.78, 5) is 11.9. The molecule has 21 heavy (non-hydrogen) atoms. The van der Waals surface area contributed by atoms with E-state index in [0.717, 1.165) is 23.5 Å². The van der Waals surface area contributed by atoms with E-state index in [1.54, 1.807) is 11.8 Å². The largest absolute Gasteiger partial charge is 0.489 e. The molecule has 0 aromatic heterocycles. The van der Waals surface area contributed by atoms with Crippen molar-refractivity contribution in [2.75, 3.05) is 18.6 Å². The number of carbonyl (C=O) groups excluding carboxylic acids is 1. The fourth-order valence-corrected chi connectivity index (χ4v) is 2.36. The van der Waals surface area contributed by atoms with Crippen molar-refractivity contribution in [2.24, 2.45) is 5.73 Å². The summed E-state index contributed by atoms with van der Waals surface area (Å²) in [6, 6.07) is 7.49. The number of hydrogen-bond acceptors (Lipinski definition) is 4. The molecule has 2 atom stereocenters. The molecule has 1 amide bonds. The Morgan fingerprint density at radius 2 is 2.24 bits per heavy atom. The van der Waals surface area contributed by atoms with Crippen LogP contribution in [0.25, 0.3) is 0 Å². The highest BCUT2D eigenvalue weighted by Crippen LogP contribution is 2.15. The van der Waals surface area contributed by atoms with Gasteiger partial charge in [0.15, 0.2) is 0 Å². The van der Waals surface area contributed by atoms with Crippen molar-refractivity contribution in [3.8, 4) is 5.75 Å². The third kappa shape index (κ3) is 6.87. The lowest BCUT2D eigenvalue weighted by Gasteiger charge is -2.20. The van der Waals surface area contributed by atoms with E-state index in [-0.39, 0.29) is 12.0 Å². The van der Waals surface area contributed by atoms with Crippen LogP contribution in [0.1, 0.15) is 25.3 Å². The first-order valence-corrected chi connectivity index (χ1v) is 8.71. The van der Waals surface area contributed by atoms with Gasteiger partial charge >= 0.3 is 0 Å². The van der Waals surface area contributed by atoms with Crippen LogP contribution in [0.2, 0.25) is 0 Å². The molecule has 5 heteroatoms. The van der Waals surface area contributed by atoms with Crippen LogP contribution < -0.4 is 15.8 Å². The summed E-state index contributed by atoms with van der Waals surface area (Å²) in [5.41, 5.74) is 7.00. The zero-order chi connectivity index (χ0) is 15.7. The molecular weight excluding hydrogens is 284 g/mol. The van der Waals surface area contributed by atoms with Crippen molar-refractivity contribution in [3.05, 3.63) is 29.8 Å². The monoisotopic (exact) mass is 310 g/mol. The lowest BCUT2D eigenvalue weighted by molar-refractivity contribution is -0.122. The van der Waals surface area contributed by atoms with Crippen LogP contribution in [0.15, 0.2) is 24.3 Å². The highest BCUT2D eigenvalue weighted by atomic mass is 32.2. The Kier molecular flexibility index (Phi) is 8.23. The molecule has 1 unspecified atom stereocenters. The maximum Gasteiger partial charge on any atom is 0.237 e. The summed E-state index contributed by atoms with van der Waals surface area (Å²) in [5, 5.41) is 2.88. The Hall–Kier alpha value is -1.20. The van der Waals surface area contributed by atoms with Gasteiger partial charge in [-0.2, -0.15) is 11.8 Å². The van der Waals surface area contributed by atoms with E-state index in [4.69, 9.17) is 10.5 Å². The molecule has 0 heterocycles. The van der Waals surface area contributed by atoms with E-state index >= 15 is 0 Å². The average molecular weight is 310 g/mol. The van der Waals surface area contributed by atoms with Crippen LogP contribution >= 0.6 is 11.8 Å². The number of aryl methyl sites for hydroxylation is 1. The third-order valence-electron chi connectivity index (χ3n) is 3.22. The second kappa shape index (κ2) is 9.68. The minimum Gasteiger partial charge on any atom is -0.489 e. The molecule has 0 fully saturated rings. The summed E-state index contributed by atoms with van der Waals surface area (Å²) in [5.74, 6) is 1.63. The van der Waals surface area contributed by atoms with Crippen molar-refractivity contribution in [3.63, 3.8) is 0 Å². The van der Waals surface area contributed by atoms with Crippen LogP contribution in [0.3, 0.4) is 0 Å². The number of nitrogens with two attached hydrogens (primary N) is 1. The Balaban J connectivity index is 2.42. The van der Waals surface area contributed by atoms with Gasteiger partial charge in [0.25, 0.3) is 0 Å². The lowest BCUT2D eigenvalue weighted by atomic mass is 10.2. The molecule has 1 aromatic rings. The molecule has 4 nitrogen and oxygen atoms in total. The number of rotatable bonds is 9. The number of ether oxygens (including phenoxy) is 1. The average Bonchev–Trinajstić information content (AvgIpc) is 2.48. The summed E-state index contributed by atoms with van der Waals surface area (Å²) < 4.78 is 5.90. The number of benzene rings is 1. The third-order valence-corrected chi connectivity index (χ3v) is 3.87. The summed E-state index contributed by atoms with van der Waals surface area (Å²) in [7, 11) is 0. The Bertz CT molecular complexity index is 440. The van der Waals surface area contributed by atoms with E-state index < -0.39 is 6.04 Å². The first-order chi connectivity index (χ1) is 10.1. The van der Waals surface area contributed by atoms with Crippen LogP contribution in [0, 0.1) is 6.92 Å². The predicted molar refractivity (Wildman–Crippen MR) is 89.9 cm³/mol. The molecule has 0 aliphatic carbocycles. The topological polar surface area (TPSA) is 64.4 Å². The second-order valence-corrected chi connectivity index (χ2v) is 6.08. The van der Waals surface area contributed by atoms with E-state index in [9.17, 15) is 4.79 Å². The molecule has 0 saturated carbocycles. The van der Waals surface area contributed by atoms with Gasteiger partial charge in [-0.3, -0.25) is 4.79 Å². The molecule has 1 rings (SSSR count). The van der Waals surface area contributed by atoms with Gasteiger partial charge in [0.2, 0.25) is 5.91 Å². The summed E-state index contributed by atoms with van der Waals surface area (Å²) in [6.45, 7) is 4.55. The SMILES string of the molecule is CCC(CNC(=O)[C@@H](N)CCSC)Oc1cccc(C)c1. The first kappa shape index (κ1) is 17.9. The van der Waals surface area contributed by atoms with Crippen molar-refractivity contribution in [1.82, 2.24) is 5.32 Å². The summed E-state index contributed by atoms with van der Waals surface area (Å²) >= 11 is 1.69. The molecule has 0 spiro atoms. The maximum absolute atomic E-state index is 11.9. The molecule has 0 radical (unpaired) electrons. The Labute approximate surface area is 131 Å². The fraction of sp³-hybridized carbons (Fsp3) is 0.562. The van der Waals surface area contributed by atoms with Crippen LogP contribution in [0.4, 0.5) is 0 Å². The molecule has 0 aliphatic heterocycles. The van der Waals surface area contributed by atoms with E-state index in [1.165, 1.54) is 0 Å². The van der Waals surface area contributed by atoms with Crippen molar-refractivity contribution in [2.45, 2.75) is 38.8 Å². The standard InChI is InChI=1S/C16H26N2O2S/c1-4-13(20-14-7-5-6-12(2)10-14)11-18-16(19)15(17)8-9-21-3/h5-7,10,13,15H,4,8-9,11,17H2,1-3H3,(H,18,19)/t13?,15-/m0/s1. The Morgan fingerprint density at radius 1 is 1.48 bits per heavy atom. The number of amides is 1. The van der Waals surface area contributed by atoms with Crippen molar-refractivity contribution < 1.29 is 9.53 Å². The minimum absolute atomic E-state index is 0.0384. The molecular formula is C16H26N2O2S. The minimum atomic E-state index is -0.436. The van der Waals surface area contributed by atoms with Gasteiger partial charge < -0.3 is 15.8 Å². The molecule has 0 aliphatic rings. The van der Waals surface area contributed by atoms with E-state index in [2.05, 4.69) is 5.32 Å². The highest BCUT2D eigenvalue weighted by Gasteiger charge is 2.15. The van der Waals surface area contributed by atoms with Crippen LogP contribution in [-0.2, 0) is 4.79 Å². The number of hydrogen-bond donors (Lipinski definition) is 2. The van der Waals surface area contributed by atoms with Crippen molar-refractivity contribution in [1.29, 1.82) is 0 Å².